The summed E-state index contributed by atoms with van der Waals surface area (Å²) in [5.41, 5.74) is 0.959. The maximum Gasteiger partial charge on any atom is 0.303 e. The number of fused-ring (bicyclic) bond motifs is 1. The number of hydrogen-bond acceptors (Lipinski definition) is 3. The van der Waals surface area contributed by atoms with Crippen LogP contribution >= 0.6 is 0 Å². The van der Waals surface area contributed by atoms with Gasteiger partial charge in [-0.2, -0.15) is 0 Å². The van der Waals surface area contributed by atoms with Crippen LogP contribution in [0, 0.1) is 0 Å². The van der Waals surface area contributed by atoms with E-state index in [1.165, 1.54) is 0 Å². The lowest BCUT2D eigenvalue weighted by atomic mass is 10.2. The highest BCUT2D eigenvalue weighted by atomic mass is 16.5. The smallest absolute Gasteiger partial charge is 0.303 e. The number of aromatic nitrogens is 1. The monoisotopic (exact) mass is 318 g/mol. The highest BCUT2D eigenvalue weighted by Crippen LogP contribution is 2.26. The van der Waals surface area contributed by atoms with Gasteiger partial charge in [-0.25, -0.2) is 0 Å². The first-order chi connectivity index (χ1) is 11.1. The standard InChI is InChI=1S/C17H22N2O4/c1-23-15-7-5-6-14-13(15)9-11-19(14)12-16(20)18-10-4-2-3-8-17(21)22/h5-7,9,11H,2-4,8,10,12H2,1H3,(H,18,20)(H,21,22). The minimum atomic E-state index is -0.774. The summed E-state index contributed by atoms with van der Waals surface area (Å²) < 4.78 is 7.20. The maximum absolute atomic E-state index is 12.0. The van der Waals surface area contributed by atoms with Crippen LogP contribution in [0.15, 0.2) is 30.5 Å². The number of methoxy groups -OCH3 is 1. The number of unbranched alkanes of at least 4 members (excludes halogenated alkanes) is 2. The Kier molecular flexibility index (Phi) is 6.02. The molecule has 2 N–H and O–H groups in total. The molecule has 1 amide bonds. The van der Waals surface area contributed by atoms with Crippen molar-refractivity contribution in [3.63, 3.8) is 0 Å². The molecule has 23 heavy (non-hydrogen) atoms. The minimum absolute atomic E-state index is 0.0523. The molecule has 0 saturated heterocycles. The Morgan fingerprint density at radius 1 is 1.22 bits per heavy atom. The summed E-state index contributed by atoms with van der Waals surface area (Å²) in [5.74, 6) is -0.0346. The Bertz CT molecular complexity index is 678. The SMILES string of the molecule is COc1cccc2c1ccn2CC(=O)NCCCCCC(=O)O. The number of aliphatic carboxylic acids is 1. The molecule has 1 heterocycles. The Labute approximate surface area is 135 Å². The van der Waals surface area contributed by atoms with Gasteiger partial charge in [0.1, 0.15) is 12.3 Å². The molecule has 6 heteroatoms. The van der Waals surface area contributed by atoms with E-state index in [0.29, 0.717) is 13.0 Å². The van der Waals surface area contributed by atoms with Gasteiger partial charge in [-0.15, -0.1) is 0 Å². The van der Waals surface area contributed by atoms with Crippen molar-refractivity contribution in [2.24, 2.45) is 0 Å². The molecule has 0 unspecified atom stereocenters. The predicted octanol–water partition coefficient (Wildman–Crippen LogP) is 2.41. The molecule has 0 bridgehead atoms. The van der Waals surface area contributed by atoms with Gasteiger partial charge >= 0.3 is 5.97 Å². The van der Waals surface area contributed by atoms with E-state index in [1.54, 1.807) is 7.11 Å². The van der Waals surface area contributed by atoms with Crippen LogP contribution in [0.2, 0.25) is 0 Å². The van der Waals surface area contributed by atoms with Crippen molar-refractivity contribution in [1.29, 1.82) is 0 Å². The van der Waals surface area contributed by atoms with Crippen LogP contribution in [0.5, 0.6) is 5.75 Å². The number of carboxylic acid groups (broad SMARTS) is 1. The molecule has 0 aliphatic heterocycles. The Morgan fingerprint density at radius 2 is 2.04 bits per heavy atom. The highest BCUT2D eigenvalue weighted by Gasteiger charge is 2.08. The van der Waals surface area contributed by atoms with Gasteiger partial charge in [0.2, 0.25) is 5.91 Å². The average Bonchev–Trinajstić information content (AvgIpc) is 2.93. The highest BCUT2D eigenvalue weighted by molar-refractivity contribution is 5.88. The molecular formula is C17H22N2O4. The molecule has 0 aliphatic carbocycles. The number of ether oxygens (including phenoxy) is 1. The van der Waals surface area contributed by atoms with E-state index >= 15 is 0 Å². The normalized spacial score (nSPS) is 10.7. The first-order valence-corrected chi connectivity index (χ1v) is 7.72. The number of carbonyl (C=O) groups is 2. The number of amides is 1. The molecule has 2 aromatic rings. The molecule has 0 spiro atoms. The molecule has 0 aliphatic rings. The lowest BCUT2D eigenvalue weighted by molar-refractivity contribution is -0.137. The molecule has 1 aromatic heterocycles. The second-order valence-corrected chi connectivity index (χ2v) is 5.39. The number of nitrogens with one attached hydrogen (secondary N) is 1. The molecule has 1 aromatic carbocycles. The predicted molar refractivity (Wildman–Crippen MR) is 87.6 cm³/mol. The largest absolute Gasteiger partial charge is 0.496 e. The van der Waals surface area contributed by atoms with E-state index in [2.05, 4.69) is 5.32 Å². The van der Waals surface area contributed by atoms with Crippen molar-refractivity contribution in [1.82, 2.24) is 9.88 Å². The Hall–Kier alpha value is -2.50. The van der Waals surface area contributed by atoms with Gasteiger partial charge in [0.25, 0.3) is 0 Å². The molecule has 0 saturated carbocycles. The number of carboxylic acids is 1. The van der Waals surface area contributed by atoms with Crippen molar-refractivity contribution >= 4 is 22.8 Å². The van der Waals surface area contributed by atoms with Crippen molar-refractivity contribution in [3.8, 4) is 5.75 Å². The van der Waals surface area contributed by atoms with E-state index in [9.17, 15) is 9.59 Å². The average molecular weight is 318 g/mol. The molecule has 124 valence electrons. The molecule has 0 radical (unpaired) electrons. The van der Waals surface area contributed by atoms with Gasteiger partial charge in [0, 0.05) is 24.5 Å². The first-order valence-electron chi connectivity index (χ1n) is 7.72. The van der Waals surface area contributed by atoms with E-state index in [0.717, 1.165) is 29.5 Å². The Morgan fingerprint density at radius 3 is 2.78 bits per heavy atom. The van der Waals surface area contributed by atoms with Crippen LogP contribution in [0.4, 0.5) is 0 Å². The van der Waals surface area contributed by atoms with Gasteiger partial charge in [-0.05, 0) is 31.0 Å². The molecule has 0 atom stereocenters. The molecule has 6 nitrogen and oxygen atoms in total. The van der Waals surface area contributed by atoms with Crippen LogP contribution in [0.25, 0.3) is 10.9 Å². The van der Waals surface area contributed by atoms with Gasteiger partial charge in [-0.3, -0.25) is 9.59 Å². The lowest BCUT2D eigenvalue weighted by Gasteiger charge is -2.08. The van der Waals surface area contributed by atoms with Crippen LogP contribution < -0.4 is 10.1 Å². The van der Waals surface area contributed by atoms with Crippen LogP contribution in [0.3, 0.4) is 0 Å². The number of rotatable bonds is 9. The molecule has 2 rings (SSSR count). The van der Waals surface area contributed by atoms with Crippen molar-refractivity contribution < 1.29 is 19.4 Å². The summed E-state index contributed by atoms with van der Waals surface area (Å²) in [6.45, 7) is 0.826. The van der Waals surface area contributed by atoms with E-state index in [-0.39, 0.29) is 18.9 Å². The zero-order chi connectivity index (χ0) is 16.7. The second-order valence-electron chi connectivity index (χ2n) is 5.39. The van der Waals surface area contributed by atoms with Crippen molar-refractivity contribution in [2.45, 2.75) is 32.2 Å². The number of nitrogens with zero attached hydrogens (tertiary/aromatic N) is 1. The summed E-state index contributed by atoms with van der Waals surface area (Å²) >= 11 is 0. The summed E-state index contributed by atoms with van der Waals surface area (Å²) in [6.07, 6.45) is 4.30. The third-order valence-electron chi connectivity index (χ3n) is 3.70. The zero-order valence-electron chi connectivity index (χ0n) is 13.2. The fraction of sp³-hybridized carbons (Fsp3) is 0.412. The summed E-state index contributed by atoms with van der Waals surface area (Å²) in [5, 5.41) is 12.4. The van der Waals surface area contributed by atoms with Gasteiger partial charge < -0.3 is 19.7 Å². The minimum Gasteiger partial charge on any atom is -0.496 e. The topological polar surface area (TPSA) is 80.6 Å². The number of carbonyl (C=O) groups excluding carboxylic acids is 1. The van der Waals surface area contributed by atoms with Crippen LogP contribution in [-0.2, 0) is 16.1 Å². The van der Waals surface area contributed by atoms with Gasteiger partial charge in [0.05, 0.1) is 12.6 Å². The molecule has 0 fully saturated rings. The van der Waals surface area contributed by atoms with Gasteiger partial charge in [0.15, 0.2) is 0 Å². The van der Waals surface area contributed by atoms with Crippen LogP contribution in [-0.4, -0.2) is 35.2 Å². The first kappa shape index (κ1) is 16.9. The summed E-state index contributed by atoms with van der Waals surface area (Å²) in [4.78, 5) is 22.4. The summed E-state index contributed by atoms with van der Waals surface area (Å²) in [7, 11) is 1.63. The zero-order valence-corrected chi connectivity index (χ0v) is 13.2. The maximum atomic E-state index is 12.0. The summed E-state index contributed by atoms with van der Waals surface area (Å²) in [6, 6.07) is 7.69. The van der Waals surface area contributed by atoms with Crippen molar-refractivity contribution in [2.75, 3.05) is 13.7 Å². The molecular weight excluding hydrogens is 296 g/mol. The van der Waals surface area contributed by atoms with E-state index in [4.69, 9.17) is 9.84 Å². The van der Waals surface area contributed by atoms with Crippen LogP contribution in [0.1, 0.15) is 25.7 Å². The Balaban J connectivity index is 1.81. The third-order valence-corrected chi connectivity index (χ3v) is 3.70. The van der Waals surface area contributed by atoms with Gasteiger partial charge in [-0.1, -0.05) is 12.5 Å². The fourth-order valence-electron chi connectivity index (χ4n) is 2.53. The number of benzene rings is 1. The fourth-order valence-corrected chi connectivity index (χ4v) is 2.53. The quantitative estimate of drug-likeness (QED) is 0.696. The lowest BCUT2D eigenvalue weighted by Crippen LogP contribution is -2.28. The van der Waals surface area contributed by atoms with E-state index < -0.39 is 5.97 Å². The second kappa shape index (κ2) is 8.22. The van der Waals surface area contributed by atoms with Crippen molar-refractivity contribution in [3.05, 3.63) is 30.5 Å². The third kappa shape index (κ3) is 4.74. The number of hydrogen-bond donors (Lipinski definition) is 2. The van der Waals surface area contributed by atoms with E-state index in [1.807, 2.05) is 35.0 Å².